The lowest BCUT2D eigenvalue weighted by molar-refractivity contribution is 0.00890. The highest BCUT2D eigenvalue weighted by molar-refractivity contribution is 8.13. The molecule has 4 nitrogen and oxygen atoms in total. The van der Waals surface area contributed by atoms with Gasteiger partial charge in [0.25, 0.3) is 9.05 Å². The monoisotopic (exact) mass is 288 g/mol. The Morgan fingerprint density at radius 1 is 1.39 bits per heavy atom. The van der Waals surface area contributed by atoms with Crippen LogP contribution >= 0.6 is 10.7 Å². The Balaban J connectivity index is 2.28. The maximum Gasteiger partial charge on any atom is 0.338 e. The van der Waals surface area contributed by atoms with Gasteiger partial charge in [0.1, 0.15) is 6.10 Å². The third kappa shape index (κ3) is 2.84. The van der Waals surface area contributed by atoms with Crippen LogP contribution in [0.5, 0.6) is 0 Å². The molecule has 0 spiro atoms. The lowest BCUT2D eigenvalue weighted by Crippen LogP contribution is -2.25. The van der Waals surface area contributed by atoms with Crippen molar-refractivity contribution in [2.45, 2.75) is 37.2 Å². The molecule has 0 unspecified atom stereocenters. The zero-order valence-corrected chi connectivity index (χ0v) is 11.4. The summed E-state index contributed by atoms with van der Waals surface area (Å²) in [6, 6.07) is 4.18. The van der Waals surface area contributed by atoms with Gasteiger partial charge in [0, 0.05) is 10.7 Å². The summed E-state index contributed by atoms with van der Waals surface area (Å²) < 4.78 is 27.7. The summed E-state index contributed by atoms with van der Waals surface area (Å²) in [7, 11) is 1.42. The average molecular weight is 289 g/mol. The van der Waals surface area contributed by atoms with Crippen LogP contribution in [0.2, 0.25) is 0 Å². The van der Waals surface area contributed by atoms with E-state index in [2.05, 4.69) is 0 Å². The summed E-state index contributed by atoms with van der Waals surface area (Å²) in [5.74, 6) is -0.487. The molecule has 0 atom stereocenters. The van der Waals surface area contributed by atoms with E-state index in [1.165, 1.54) is 12.1 Å². The largest absolute Gasteiger partial charge is 0.459 e. The molecule has 0 radical (unpaired) electrons. The zero-order valence-electron chi connectivity index (χ0n) is 9.85. The van der Waals surface area contributed by atoms with Gasteiger partial charge in [-0.15, -0.1) is 0 Å². The van der Waals surface area contributed by atoms with Gasteiger partial charge in [-0.25, -0.2) is 13.2 Å². The first kappa shape index (κ1) is 13.4. The Kier molecular flexibility index (Phi) is 3.64. The molecule has 0 heterocycles. The molecule has 0 amide bonds. The van der Waals surface area contributed by atoms with E-state index in [0.717, 1.165) is 19.3 Å². The van der Waals surface area contributed by atoms with Gasteiger partial charge in [0.05, 0.1) is 10.5 Å². The van der Waals surface area contributed by atoms with Crippen LogP contribution in [0.1, 0.15) is 35.2 Å². The predicted molar refractivity (Wildman–Crippen MR) is 67.3 cm³/mol. The lowest BCUT2D eigenvalue weighted by atomic mass is 9.96. The Labute approximate surface area is 110 Å². The number of aryl methyl sites for hydroxylation is 1. The van der Waals surface area contributed by atoms with Gasteiger partial charge in [-0.3, -0.25) is 0 Å². The molecule has 1 aromatic rings. The molecule has 1 aliphatic carbocycles. The third-order valence-corrected chi connectivity index (χ3v) is 4.39. The Morgan fingerprint density at radius 3 is 2.56 bits per heavy atom. The van der Waals surface area contributed by atoms with E-state index in [1.54, 1.807) is 13.0 Å². The number of halogens is 1. The molecule has 0 aromatic heterocycles. The Hall–Kier alpha value is -1.07. The number of carbonyl (C=O) groups excluding carboxylic acids is 1. The van der Waals surface area contributed by atoms with Crippen molar-refractivity contribution in [3.8, 4) is 0 Å². The summed E-state index contributed by atoms with van der Waals surface area (Å²) in [4.78, 5) is 11.8. The van der Waals surface area contributed by atoms with Crippen LogP contribution in [0.3, 0.4) is 0 Å². The molecule has 0 bridgehead atoms. The van der Waals surface area contributed by atoms with Crippen molar-refractivity contribution in [2.75, 3.05) is 0 Å². The molecular formula is C12H13ClO4S. The summed E-state index contributed by atoms with van der Waals surface area (Å²) in [6.07, 6.45) is 2.78. The van der Waals surface area contributed by atoms with Crippen molar-refractivity contribution >= 4 is 25.7 Å². The van der Waals surface area contributed by atoms with E-state index in [4.69, 9.17) is 15.4 Å². The van der Waals surface area contributed by atoms with Crippen molar-refractivity contribution < 1.29 is 17.9 Å². The molecule has 1 aromatic carbocycles. The van der Waals surface area contributed by atoms with Crippen molar-refractivity contribution in [2.24, 2.45) is 0 Å². The van der Waals surface area contributed by atoms with Crippen molar-refractivity contribution in [3.05, 3.63) is 29.3 Å². The van der Waals surface area contributed by atoms with Crippen molar-refractivity contribution in [1.82, 2.24) is 0 Å². The van der Waals surface area contributed by atoms with Gasteiger partial charge >= 0.3 is 5.97 Å². The van der Waals surface area contributed by atoms with Gasteiger partial charge in [-0.2, -0.15) is 0 Å². The summed E-state index contributed by atoms with van der Waals surface area (Å²) in [5, 5.41) is 0. The zero-order chi connectivity index (χ0) is 13.3. The summed E-state index contributed by atoms with van der Waals surface area (Å²) in [5.41, 5.74) is 0.923. The first-order chi connectivity index (χ1) is 8.38. The molecule has 0 saturated heterocycles. The van der Waals surface area contributed by atoms with Crippen LogP contribution < -0.4 is 0 Å². The lowest BCUT2D eigenvalue weighted by Gasteiger charge is -2.25. The van der Waals surface area contributed by atoms with Gasteiger partial charge < -0.3 is 4.74 Å². The molecule has 6 heteroatoms. The fourth-order valence-electron chi connectivity index (χ4n) is 1.68. The number of hydrogen-bond acceptors (Lipinski definition) is 4. The van der Waals surface area contributed by atoms with Gasteiger partial charge in [-0.05, 0) is 43.9 Å². The number of esters is 1. The number of rotatable bonds is 3. The highest BCUT2D eigenvalue weighted by Crippen LogP contribution is 2.25. The standard InChI is InChI=1S/C12H13ClO4S/c1-8-5-6-10(18(13,15)16)7-11(8)12(14)17-9-3-2-4-9/h5-7,9H,2-4H2,1H3. The quantitative estimate of drug-likeness (QED) is 0.634. The molecule has 1 saturated carbocycles. The molecule has 98 valence electrons. The second kappa shape index (κ2) is 4.90. The SMILES string of the molecule is Cc1ccc(S(=O)(=O)Cl)cc1C(=O)OC1CCC1. The summed E-state index contributed by atoms with van der Waals surface area (Å²) in [6.45, 7) is 1.72. The fourth-order valence-corrected chi connectivity index (χ4v) is 2.45. The second-order valence-electron chi connectivity index (χ2n) is 4.37. The predicted octanol–water partition coefficient (Wildman–Crippen LogP) is 2.63. The van der Waals surface area contributed by atoms with Crippen LogP contribution in [0.15, 0.2) is 23.1 Å². The van der Waals surface area contributed by atoms with E-state index in [0.29, 0.717) is 5.56 Å². The second-order valence-corrected chi connectivity index (χ2v) is 6.94. The fraction of sp³-hybridized carbons (Fsp3) is 0.417. The van der Waals surface area contributed by atoms with E-state index >= 15 is 0 Å². The smallest absolute Gasteiger partial charge is 0.338 e. The Morgan fingerprint density at radius 2 is 2.06 bits per heavy atom. The van der Waals surface area contributed by atoms with Crippen LogP contribution in [-0.2, 0) is 13.8 Å². The molecule has 0 N–H and O–H groups in total. The van der Waals surface area contributed by atoms with Crippen LogP contribution in [0.4, 0.5) is 0 Å². The topological polar surface area (TPSA) is 60.4 Å². The molecular weight excluding hydrogens is 276 g/mol. The highest BCUT2D eigenvalue weighted by atomic mass is 35.7. The number of hydrogen-bond donors (Lipinski definition) is 0. The number of benzene rings is 1. The first-order valence-electron chi connectivity index (χ1n) is 5.64. The highest BCUT2D eigenvalue weighted by Gasteiger charge is 2.24. The maximum absolute atomic E-state index is 11.9. The van der Waals surface area contributed by atoms with Crippen molar-refractivity contribution in [1.29, 1.82) is 0 Å². The third-order valence-electron chi connectivity index (χ3n) is 3.04. The van der Waals surface area contributed by atoms with Crippen LogP contribution in [-0.4, -0.2) is 20.5 Å². The number of carbonyl (C=O) groups is 1. The minimum absolute atomic E-state index is 0.0341. The van der Waals surface area contributed by atoms with Crippen LogP contribution in [0, 0.1) is 6.92 Å². The normalized spacial score (nSPS) is 16.1. The minimum atomic E-state index is -3.83. The van der Waals surface area contributed by atoms with E-state index < -0.39 is 15.0 Å². The average Bonchev–Trinajstić information content (AvgIpc) is 2.22. The van der Waals surface area contributed by atoms with Crippen LogP contribution in [0.25, 0.3) is 0 Å². The molecule has 1 fully saturated rings. The van der Waals surface area contributed by atoms with E-state index in [-0.39, 0.29) is 16.6 Å². The van der Waals surface area contributed by atoms with Gasteiger partial charge in [0.2, 0.25) is 0 Å². The minimum Gasteiger partial charge on any atom is -0.459 e. The molecule has 0 aliphatic heterocycles. The van der Waals surface area contributed by atoms with E-state index in [9.17, 15) is 13.2 Å². The molecule has 2 rings (SSSR count). The summed E-state index contributed by atoms with van der Waals surface area (Å²) >= 11 is 0. The number of ether oxygens (including phenoxy) is 1. The van der Waals surface area contributed by atoms with E-state index in [1.807, 2.05) is 0 Å². The Bertz CT molecular complexity index is 576. The maximum atomic E-state index is 11.9. The van der Waals surface area contributed by atoms with Crippen molar-refractivity contribution in [3.63, 3.8) is 0 Å². The molecule has 18 heavy (non-hydrogen) atoms. The first-order valence-corrected chi connectivity index (χ1v) is 7.95. The molecule has 1 aliphatic rings. The van der Waals surface area contributed by atoms with Gasteiger partial charge in [0.15, 0.2) is 0 Å². The van der Waals surface area contributed by atoms with Gasteiger partial charge in [-0.1, -0.05) is 6.07 Å².